The topological polar surface area (TPSA) is 147 Å². The van der Waals surface area contributed by atoms with Gasteiger partial charge in [0, 0.05) is 19.4 Å². The Morgan fingerprint density at radius 2 is 1.09 bits per heavy atom. The third kappa shape index (κ3) is 34.7. The molecule has 1 heterocycles. The molecule has 1 fully saturated rings. The van der Waals surface area contributed by atoms with Crippen LogP contribution in [-0.2, 0) is 37.4 Å². The van der Waals surface area contributed by atoms with Gasteiger partial charge in [-0.05, 0) is 89.9 Å². The molecule has 58 heavy (non-hydrogen) atoms. The molecule has 1 saturated heterocycles. The predicted molar refractivity (Wildman–Crippen MR) is 237 cm³/mol. The zero-order valence-corrected chi connectivity index (χ0v) is 36.3. The number of carbonyl (C=O) groups excluding carboxylic acids is 2. The molecular weight excluding hydrogens is 753 g/mol. The maximum Gasteiger partial charge on any atom is 0.472 e. The van der Waals surface area contributed by atoms with E-state index in [0.717, 1.165) is 89.9 Å². The Hall–Kier alpha value is -3.37. The van der Waals surface area contributed by atoms with Crippen molar-refractivity contribution in [2.75, 3.05) is 26.4 Å². The molecule has 0 aliphatic carbocycles. The molecule has 0 aromatic rings. The van der Waals surface area contributed by atoms with Gasteiger partial charge in [-0.2, -0.15) is 0 Å². The van der Waals surface area contributed by atoms with Crippen LogP contribution >= 0.6 is 7.82 Å². The zero-order valence-electron chi connectivity index (χ0n) is 35.4. The minimum absolute atomic E-state index is 0.0310. The zero-order chi connectivity index (χ0) is 42.2. The second kappa shape index (κ2) is 37.9. The first-order valence-corrected chi connectivity index (χ1v) is 23.0. The van der Waals surface area contributed by atoms with Gasteiger partial charge in [0.05, 0.1) is 25.4 Å². The summed E-state index contributed by atoms with van der Waals surface area (Å²) in [5.74, 6) is -0.972. The lowest BCUT2D eigenvalue weighted by atomic mass is 10.1. The first kappa shape index (κ1) is 52.6. The van der Waals surface area contributed by atoms with Crippen LogP contribution in [0.3, 0.4) is 0 Å². The number of hydrogen-bond donors (Lipinski definition) is 2. The molecular formula is C47H74NO9P. The van der Waals surface area contributed by atoms with Crippen molar-refractivity contribution in [3.63, 3.8) is 0 Å². The van der Waals surface area contributed by atoms with Gasteiger partial charge in [-0.1, -0.05) is 136 Å². The van der Waals surface area contributed by atoms with Crippen LogP contribution in [0.25, 0.3) is 0 Å². The molecule has 11 heteroatoms. The molecule has 0 saturated carbocycles. The maximum atomic E-state index is 12.6. The third-order valence-electron chi connectivity index (χ3n) is 8.57. The minimum atomic E-state index is -4.41. The van der Waals surface area contributed by atoms with Crippen LogP contribution in [-0.4, -0.2) is 61.5 Å². The fraction of sp³-hybridized carbons (Fsp3) is 0.574. The van der Waals surface area contributed by atoms with Crippen LogP contribution in [0.4, 0.5) is 0 Å². The summed E-state index contributed by atoms with van der Waals surface area (Å²) in [5, 5.41) is 0. The van der Waals surface area contributed by atoms with E-state index in [1.165, 1.54) is 0 Å². The van der Waals surface area contributed by atoms with Crippen molar-refractivity contribution in [1.29, 1.82) is 0 Å². The van der Waals surface area contributed by atoms with Gasteiger partial charge in [-0.15, -0.1) is 0 Å². The number of carbonyl (C=O) groups is 2. The van der Waals surface area contributed by atoms with Crippen molar-refractivity contribution in [3.05, 3.63) is 109 Å². The molecule has 0 aromatic heterocycles. The summed E-state index contributed by atoms with van der Waals surface area (Å²) < 4.78 is 38.3. The molecule has 3 unspecified atom stereocenters. The number of unbranched alkanes of at least 4 members (excludes halogenated alkanes) is 4. The second-order valence-electron chi connectivity index (χ2n) is 13.8. The Kier molecular flexibility index (Phi) is 34.4. The van der Waals surface area contributed by atoms with Gasteiger partial charge >= 0.3 is 19.8 Å². The number of phosphoric acid groups is 1. The number of phosphoric ester groups is 1. The highest BCUT2D eigenvalue weighted by Gasteiger charge is 2.36. The van der Waals surface area contributed by atoms with E-state index in [1.807, 2.05) is 12.2 Å². The van der Waals surface area contributed by atoms with Crippen molar-refractivity contribution >= 4 is 19.8 Å². The van der Waals surface area contributed by atoms with Crippen molar-refractivity contribution < 1.29 is 42.3 Å². The molecule has 1 aliphatic heterocycles. The van der Waals surface area contributed by atoms with Gasteiger partial charge in [0.15, 0.2) is 6.10 Å². The third-order valence-corrected chi connectivity index (χ3v) is 9.55. The molecule has 1 aliphatic rings. The highest BCUT2D eigenvalue weighted by atomic mass is 31.2. The van der Waals surface area contributed by atoms with Crippen molar-refractivity contribution in [2.45, 2.75) is 148 Å². The number of rotatable bonds is 37. The standard InChI is InChI=1S/C47H74NO9P/c1-3-5-7-8-9-10-11-12-13-14-15-16-21-24-27-30-34-38-47(50)56-43(42-55-58(51,52)54-40-39-48)41-53-46(49)37-33-29-26-23-20-18-17-19-22-25-28-32-36-45-44(57-45)35-31-6-4-2/h5-7,9-10,12-13,15-16,18-20,22,26,28-29,31-32,43-45H,3-4,8,11,14,17,21,23-25,27,30,33-42,48H2,1-2H3,(H,51,52)/b7-5-,10-9-,13-12-,16-15-,20-18-,22-19-,29-26-,31-6-,32-28-/t43-,44?,45?/m1/s1. The maximum absolute atomic E-state index is 12.6. The van der Waals surface area contributed by atoms with Crippen LogP contribution < -0.4 is 5.73 Å². The predicted octanol–water partition coefficient (Wildman–Crippen LogP) is 11.4. The van der Waals surface area contributed by atoms with Gasteiger partial charge in [0.25, 0.3) is 0 Å². The van der Waals surface area contributed by atoms with E-state index in [-0.39, 0.29) is 32.6 Å². The first-order valence-electron chi connectivity index (χ1n) is 21.5. The van der Waals surface area contributed by atoms with Crippen LogP contribution in [0.1, 0.15) is 129 Å². The average molecular weight is 828 g/mol. The van der Waals surface area contributed by atoms with Gasteiger partial charge < -0.3 is 24.8 Å². The van der Waals surface area contributed by atoms with Gasteiger partial charge in [-0.3, -0.25) is 18.6 Å². The smallest absolute Gasteiger partial charge is 0.462 e. The van der Waals surface area contributed by atoms with E-state index in [2.05, 4.69) is 111 Å². The van der Waals surface area contributed by atoms with E-state index in [4.69, 9.17) is 29.0 Å². The molecule has 1 rings (SSSR count). The Morgan fingerprint density at radius 3 is 1.66 bits per heavy atom. The van der Waals surface area contributed by atoms with Crippen LogP contribution in [0.15, 0.2) is 109 Å². The van der Waals surface area contributed by atoms with E-state index < -0.39 is 32.5 Å². The van der Waals surface area contributed by atoms with E-state index in [0.29, 0.717) is 25.0 Å². The largest absolute Gasteiger partial charge is 0.472 e. The highest BCUT2D eigenvalue weighted by Crippen LogP contribution is 2.43. The number of nitrogens with two attached hydrogens (primary N) is 1. The lowest BCUT2D eigenvalue weighted by Crippen LogP contribution is -2.29. The average Bonchev–Trinajstić information content (AvgIpc) is 3.97. The normalized spacial score (nSPS) is 17.9. The number of hydrogen-bond acceptors (Lipinski definition) is 9. The summed E-state index contributed by atoms with van der Waals surface area (Å²) in [6.45, 7) is 3.35. The van der Waals surface area contributed by atoms with Crippen LogP contribution in [0.5, 0.6) is 0 Å². The van der Waals surface area contributed by atoms with E-state index >= 15 is 0 Å². The van der Waals surface area contributed by atoms with Gasteiger partial charge in [0.2, 0.25) is 0 Å². The molecule has 0 amide bonds. The molecule has 326 valence electrons. The molecule has 10 nitrogen and oxygen atoms in total. The summed E-state index contributed by atoms with van der Waals surface area (Å²) in [7, 11) is -4.41. The number of epoxide rings is 1. The molecule has 0 aromatic carbocycles. The molecule has 4 atom stereocenters. The number of ether oxygens (including phenoxy) is 3. The Bertz CT molecular complexity index is 1380. The quantitative estimate of drug-likeness (QED) is 0.0204. The fourth-order valence-electron chi connectivity index (χ4n) is 5.34. The number of allylic oxidation sites excluding steroid dienone is 16. The summed E-state index contributed by atoms with van der Waals surface area (Å²) in [5.41, 5.74) is 5.34. The lowest BCUT2D eigenvalue weighted by Gasteiger charge is -2.19. The molecule has 0 spiro atoms. The second-order valence-corrected chi connectivity index (χ2v) is 15.3. The summed E-state index contributed by atoms with van der Waals surface area (Å²) in [6, 6.07) is 0. The first-order chi connectivity index (χ1) is 28.3. The molecule has 0 radical (unpaired) electrons. The van der Waals surface area contributed by atoms with Crippen molar-refractivity contribution in [1.82, 2.24) is 0 Å². The van der Waals surface area contributed by atoms with Gasteiger partial charge in [-0.25, -0.2) is 4.57 Å². The van der Waals surface area contributed by atoms with E-state index in [9.17, 15) is 19.0 Å². The lowest BCUT2D eigenvalue weighted by molar-refractivity contribution is -0.161. The van der Waals surface area contributed by atoms with Crippen LogP contribution in [0, 0.1) is 0 Å². The summed E-state index contributed by atoms with van der Waals surface area (Å²) >= 11 is 0. The molecule has 3 N–H and O–H groups in total. The highest BCUT2D eigenvalue weighted by molar-refractivity contribution is 7.47. The van der Waals surface area contributed by atoms with Gasteiger partial charge in [0.1, 0.15) is 6.61 Å². The van der Waals surface area contributed by atoms with Crippen molar-refractivity contribution in [2.24, 2.45) is 5.73 Å². The summed E-state index contributed by atoms with van der Waals surface area (Å²) in [4.78, 5) is 34.9. The van der Waals surface area contributed by atoms with E-state index in [1.54, 1.807) is 0 Å². The van der Waals surface area contributed by atoms with Crippen LogP contribution in [0.2, 0.25) is 0 Å². The monoisotopic (exact) mass is 828 g/mol. The summed E-state index contributed by atoms with van der Waals surface area (Å²) in [6.07, 6.45) is 53.1. The Labute approximate surface area is 350 Å². The van der Waals surface area contributed by atoms with Crippen molar-refractivity contribution in [3.8, 4) is 0 Å². The number of esters is 2. The fourth-order valence-corrected chi connectivity index (χ4v) is 6.10. The minimum Gasteiger partial charge on any atom is -0.462 e. The molecule has 0 bridgehead atoms. The Morgan fingerprint density at radius 1 is 0.603 bits per heavy atom. The Balaban J connectivity index is 2.26. The SMILES string of the molecule is CC/C=C\C/C=C\C/C=C\C/C=C\CCCCCCC(=O)O[C@H](COC(=O)CC/C=C\C/C=C\C/C=C\C/C=C\CC1OC1C/C=C\CC)COP(=O)(O)OCCN.